The molecule has 3 rings (SSSR count). The van der Waals surface area contributed by atoms with Crippen LogP contribution in [0.15, 0.2) is 40.9 Å². The zero-order valence-corrected chi connectivity index (χ0v) is 13.7. The zero-order valence-electron chi connectivity index (χ0n) is 12.1. The van der Waals surface area contributed by atoms with Crippen molar-refractivity contribution < 1.29 is 4.74 Å². The van der Waals surface area contributed by atoms with Gasteiger partial charge in [-0.3, -0.25) is 0 Å². The third kappa shape index (κ3) is 2.86. The Labute approximate surface area is 133 Å². The standard InChI is InChI=1S/C17H19BrN2O/c1-2-20(16-6-4-3-5-15(16)19)11-13-10-14(18)9-12-7-8-21-17(12)13/h3-6,9-10H,2,7-8,11,19H2,1H3. The van der Waals surface area contributed by atoms with E-state index in [4.69, 9.17) is 10.5 Å². The number of anilines is 2. The molecule has 4 heteroatoms. The minimum Gasteiger partial charge on any atom is -0.493 e. The van der Waals surface area contributed by atoms with Gasteiger partial charge in [-0.25, -0.2) is 0 Å². The van der Waals surface area contributed by atoms with Gasteiger partial charge in [0.1, 0.15) is 5.75 Å². The van der Waals surface area contributed by atoms with E-state index >= 15 is 0 Å². The topological polar surface area (TPSA) is 38.5 Å². The Morgan fingerprint density at radius 1 is 1.29 bits per heavy atom. The number of para-hydroxylation sites is 2. The number of nitrogens with zero attached hydrogens (tertiary/aromatic N) is 1. The fourth-order valence-electron chi connectivity index (χ4n) is 2.81. The lowest BCUT2D eigenvalue weighted by molar-refractivity contribution is 0.353. The molecule has 0 amide bonds. The van der Waals surface area contributed by atoms with Crippen LogP contribution in [0.25, 0.3) is 0 Å². The van der Waals surface area contributed by atoms with Gasteiger partial charge in [0, 0.05) is 29.5 Å². The van der Waals surface area contributed by atoms with Gasteiger partial charge in [-0.15, -0.1) is 0 Å². The Hall–Kier alpha value is -1.68. The van der Waals surface area contributed by atoms with Gasteiger partial charge in [0.15, 0.2) is 0 Å². The summed E-state index contributed by atoms with van der Waals surface area (Å²) in [6.45, 7) is 4.62. The number of halogens is 1. The van der Waals surface area contributed by atoms with Crippen molar-refractivity contribution in [2.75, 3.05) is 23.8 Å². The van der Waals surface area contributed by atoms with Crippen LogP contribution in [0.2, 0.25) is 0 Å². The SMILES string of the molecule is CCN(Cc1cc(Br)cc2c1OCC2)c1ccccc1N. The van der Waals surface area contributed by atoms with E-state index in [2.05, 4.69) is 46.0 Å². The van der Waals surface area contributed by atoms with E-state index in [0.29, 0.717) is 0 Å². The lowest BCUT2D eigenvalue weighted by Crippen LogP contribution is -2.23. The summed E-state index contributed by atoms with van der Waals surface area (Å²) in [7, 11) is 0. The van der Waals surface area contributed by atoms with Crippen LogP contribution in [0.4, 0.5) is 11.4 Å². The summed E-state index contributed by atoms with van der Waals surface area (Å²) in [6, 6.07) is 12.3. The van der Waals surface area contributed by atoms with Gasteiger partial charge in [-0.1, -0.05) is 28.1 Å². The van der Waals surface area contributed by atoms with Crippen molar-refractivity contribution in [2.45, 2.75) is 19.9 Å². The van der Waals surface area contributed by atoms with Crippen molar-refractivity contribution in [3.8, 4) is 5.75 Å². The monoisotopic (exact) mass is 346 g/mol. The van der Waals surface area contributed by atoms with Gasteiger partial charge < -0.3 is 15.4 Å². The minimum absolute atomic E-state index is 0.776. The molecule has 0 aromatic heterocycles. The molecule has 0 aliphatic carbocycles. The van der Waals surface area contributed by atoms with E-state index < -0.39 is 0 Å². The highest BCUT2D eigenvalue weighted by Crippen LogP contribution is 2.35. The second-order valence-electron chi connectivity index (χ2n) is 5.22. The van der Waals surface area contributed by atoms with Crippen LogP contribution < -0.4 is 15.4 Å². The average molecular weight is 347 g/mol. The summed E-state index contributed by atoms with van der Waals surface area (Å²) >= 11 is 3.60. The first-order valence-corrected chi connectivity index (χ1v) is 8.02. The molecule has 110 valence electrons. The number of benzene rings is 2. The molecule has 0 bridgehead atoms. The van der Waals surface area contributed by atoms with Crippen LogP contribution in [-0.4, -0.2) is 13.2 Å². The molecule has 0 spiro atoms. The zero-order chi connectivity index (χ0) is 14.8. The smallest absolute Gasteiger partial charge is 0.127 e. The Bertz CT molecular complexity index is 657. The largest absolute Gasteiger partial charge is 0.493 e. The molecule has 2 N–H and O–H groups in total. The summed E-state index contributed by atoms with van der Waals surface area (Å²) in [5.74, 6) is 1.05. The molecule has 0 saturated carbocycles. The second kappa shape index (κ2) is 5.98. The Morgan fingerprint density at radius 2 is 2.10 bits per heavy atom. The summed E-state index contributed by atoms with van der Waals surface area (Å²) < 4.78 is 6.93. The average Bonchev–Trinajstić information content (AvgIpc) is 2.93. The molecule has 0 radical (unpaired) electrons. The number of hydrogen-bond acceptors (Lipinski definition) is 3. The molecule has 2 aromatic rings. The van der Waals surface area contributed by atoms with Crippen molar-refractivity contribution >= 4 is 27.3 Å². The molecule has 21 heavy (non-hydrogen) atoms. The van der Waals surface area contributed by atoms with E-state index in [1.807, 2.05) is 18.2 Å². The fourth-order valence-corrected chi connectivity index (χ4v) is 3.36. The normalized spacial score (nSPS) is 12.9. The van der Waals surface area contributed by atoms with Crippen molar-refractivity contribution in [2.24, 2.45) is 0 Å². The second-order valence-corrected chi connectivity index (χ2v) is 6.14. The molecule has 3 nitrogen and oxygen atoms in total. The quantitative estimate of drug-likeness (QED) is 0.850. The summed E-state index contributed by atoms with van der Waals surface area (Å²) in [6.07, 6.45) is 0.987. The van der Waals surface area contributed by atoms with Gasteiger partial charge in [-0.05, 0) is 36.8 Å². The van der Waals surface area contributed by atoms with Crippen molar-refractivity contribution in [3.63, 3.8) is 0 Å². The van der Waals surface area contributed by atoms with E-state index in [9.17, 15) is 0 Å². The number of rotatable bonds is 4. The number of ether oxygens (including phenoxy) is 1. The summed E-state index contributed by atoms with van der Waals surface area (Å²) in [4.78, 5) is 2.28. The number of fused-ring (bicyclic) bond motifs is 1. The third-order valence-corrected chi connectivity index (χ3v) is 4.30. The van der Waals surface area contributed by atoms with Gasteiger partial charge >= 0.3 is 0 Å². The van der Waals surface area contributed by atoms with Crippen molar-refractivity contribution in [3.05, 3.63) is 52.0 Å². The Balaban J connectivity index is 1.94. The predicted octanol–water partition coefficient (Wildman–Crippen LogP) is 3.99. The molecule has 0 fully saturated rings. The molecule has 1 heterocycles. The van der Waals surface area contributed by atoms with Crippen molar-refractivity contribution in [1.82, 2.24) is 0 Å². The minimum atomic E-state index is 0.776. The molecular formula is C17H19BrN2O. The van der Waals surface area contributed by atoms with Crippen LogP contribution in [0.5, 0.6) is 5.75 Å². The van der Waals surface area contributed by atoms with Crippen LogP contribution in [0.1, 0.15) is 18.1 Å². The van der Waals surface area contributed by atoms with Crippen LogP contribution >= 0.6 is 15.9 Å². The highest BCUT2D eigenvalue weighted by molar-refractivity contribution is 9.10. The van der Waals surface area contributed by atoms with E-state index in [0.717, 1.165) is 47.7 Å². The van der Waals surface area contributed by atoms with E-state index in [-0.39, 0.29) is 0 Å². The van der Waals surface area contributed by atoms with Crippen molar-refractivity contribution in [1.29, 1.82) is 0 Å². The molecular weight excluding hydrogens is 328 g/mol. The molecule has 0 unspecified atom stereocenters. The first-order chi connectivity index (χ1) is 10.2. The van der Waals surface area contributed by atoms with Crippen LogP contribution in [-0.2, 0) is 13.0 Å². The maximum atomic E-state index is 6.11. The van der Waals surface area contributed by atoms with Crippen LogP contribution in [0.3, 0.4) is 0 Å². The molecule has 2 aromatic carbocycles. The molecule has 1 aliphatic heterocycles. The van der Waals surface area contributed by atoms with E-state index in [1.54, 1.807) is 0 Å². The maximum absolute atomic E-state index is 6.11. The Morgan fingerprint density at radius 3 is 2.86 bits per heavy atom. The Kier molecular flexibility index (Phi) is 4.06. The number of hydrogen-bond donors (Lipinski definition) is 1. The van der Waals surface area contributed by atoms with Gasteiger partial charge in [0.05, 0.1) is 18.0 Å². The van der Waals surface area contributed by atoms with Gasteiger partial charge in [-0.2, -0.15) is 0 Å². The van der Waals surface area contributed by atoms with Gasteiger partial charge in [0.2, 0.25) is 0 Å². The highest BCUT2D eigenvalue weighted by Gasteiger charge is 2.19. The van der Waals surface area contributed by atoms with Gasteiger partial charge in [0.25, 0.3) is 0 Å². The number of nitrogens with two attached hydrogens (primary N) is 1. The highest BCUT2D eigenvalue weighted by atomic mass is 79.9. The predicted molar refractivity (Wildman–Crippen MR) is 90.9 cm³/mol. The first kappa shape index (κ1) is 14.3. The lowest BCUT2D eigenvalue weighted by Gasteiger charge is -2.25. The van der Waals surface area contributed by atoms with Crippen LogP contribution in [0, 0.1) is 0 Å². The lowest BCUT2D eigenvalue weighted by atomic mass is 10.1. The van der Waals surface area contributed by atoms with E-state index in [1.165, 1.54) is 11.1 Å². The fraction of sp³-hybridized carbons (Fsp3) is 0.294. The number of nitrogen functional groups attached to an aromatic ring is 1. The molecule has 0 atom stereocenters. The maximum Gasteiger partial charge on any atom is 0.127 e. The summed E-state index contributed by atoms with van der Waals surface area (Å²) in [5.41, 5.74) is 10.5. The first-order valence-electron chi connectivity index (χ1n) is 7.22. The third-order valence-electron chi connectivity index (χ3n) is 3.85. The molecule has 0 saturated heterocycles. The molecule has 1 aliphatic rings. The summed E-state index contributed by atoms with van der Waals surface area (Å²) in [5, 5.41) is 0.